The molecule has 0 aliphatic rings. The molecule has 0 aliphatic carbocycles. The number of rotatable bonds is 8. The minimum Gasteiger partial charge on any atom is -0.489 e. The minimum atomic E-state index is 0.0427. The van der Waals surface area contributed by atoms with Crippen LogP contribution in [0.1, 0.15) is 28.4 Å². The van der Waals surface area contributed by atoms with Gasteiger partial charge in [-0.3, -0.25) is 9.78 Å². The van der Waals surface area contributed by atoms with Gasteiger partial charge in [0.2, 0.25) is 0 Å². The van der Waals surface area contributed by atoms with Gasteiger partial charge in [-0.15, -0.1) is 0 Å². The second-order valence-electron chi connectivity index (χ2n) is 6.29. The molecule has 0 aliphatic heterocycles. The SMILES string of the molecule is CCN(CCc1ccncc1)C(=O)c1ccc(OCc2ccccc2)cc1. The van der Waals surface area contributed by atoms with Crippen LogP contribution in [0.15, 0.2) is 79.1 Å². The Morgan fingerprint density at radius 3 is 2.30 bits per heavy atom. The Balaban J connectivity index is 1.56. The fourth-order valence-corrected chi connectivity index (χ4v) is 2.83. The van der Waals surface area contributed by atoms with E-state index in [2.05, 4.69) is 4.98 Å². The smallest absolute Gasteiger partial charge is 0.253 e. The largest absolute Gasteiger partial charge is 0.489 e. The van der Waals surface area contributed by atoms with Crippen molar-refractivity contribution < 1.29 is 9.53 Å². The number of pyridine rings is 1. The average Bonchev–Trinajstić information content (AvgIpc) is 2.74. The normalized spacial score (nSPS) is 10.4. The Kier molecular flexibility index (Phi) is 6.58. The molecule has 0 N–H and O–H groups in total. The summed E-state index contributed by atoms with van der Waals surface area (Å²) in [4.78, 5) is 18.6. The molecular formula is C23H24N2O2. The van der Waals surface area contributed by atoms with Crippen molar-refractivity contribution >= 4 is 5.91 Å². The Hall–Kier alpha value is -3.14. The van der Waals surface area contributed by atoms with Crippen molar-refractivity contribution in [1.29, 1.82) is 0 Å². The molecule has 0 radical (unpaired) electrons. The van der Waals surface area contributed by atoms with Gasteiger partial charge in [-0.2, -0.15) is 0 Å². The number of likely N-dealkylation sites (N-methyl/N-ethyl adjacent to an activating group) is 1. The molecule has 27 heavy (non-hydrogen) atoms. The van der Waals surface area contributed by atoms with Crippen LogP contribution >= 0.6 is 0 Å². The summed E-state index contributed by atoms with van der Waals surface area (Å²) in [5, 5.41) is 0. The summed E-state index contributed by atoms with van der Waals surface area (Å²) < 4.78 is 5.79. The maximum absolute atomic E-state index is 12.8. The van der Waals surface area contributed by atoms with Crippen LogP contribution in [0.2, 0.25) is 0 Å². The standard InChI is InChI=1S/C23H24N2O2/c1-2-25(17-14-19-12-15-24-16-13-19)23(26)21-8-10-22(11-9-21)27-18-20-6-4-3-5-7-20/h3-13,15-16H,2,14,17-18H2,1H3. The third kappa shape index (κ3) is 5.42. The maximum Gasteiger partial charge on any atom is 0.253 e. The summed E-state index contributed by atoms with van der Waals surface area (Å²) in [6.45, 7) is 3.88. The van der Waals surface area contributed by atoms with Crippen LogP contribution in [0.25, 0.3) is 0 Å². The summed E-state index contributed by atoms with van der Waals surface area (Å²) in [7, 11) is 0. The molecule has 0 bridgehead atoms. The molecule has 1 amide bonds. The van der Waals surface area contributed by atoms with Gasteiger partial charge in [0.15, 0.2) is 0 Å². The zero-order valence-electron chi connectivity index (χ0n) is 15.5. The number of ether oxygens (including phenoxy) is 1. The van der Waals surface area contributed by atoms with Crippen molar-refractivity contribution in [2.24, 2.45) is 0 Å². The number of hydrogen-bond donors (Lipinski definition) is 0. The first-order valence-electron chi connectivity index (χ1n) is 9.21. The molecule has 4 nitrogen and oxygen atoms in total. The number of hydrogen-bond acceptors (Lipinski definition) is 3. The summed E-state index contributed by atoms with van der Waals surface area (Å²) >= 11 is 0. The Bertz CT molecular complexity index is 833. The summed E-state index contributed by atoms with van der Waals surface area (Å²) in [5.41, 5.74) is 2.98. The highest BCUT2D eigenvalue weighted by molar-refractivity contribution is 5.94. The summed E-state index contributed by atoms with van der Waals surface area (Å²) in [6, 6.07) is 21.4. The molecule has 0 fully saturated rings. The molecule has 0 saturated carbocycles. The van der Waals surface area contributed by atoms with E-state index in [1.807, 2.05) is 78.6 Å². The molecule has 4 heteroatoms. The van der Waals surface area contributed by atoms with Crippen LogP contribution in [-0.4, -0.2) is 28.9 Å². The predicted octanol–water partition coefficient (Wildman–Crippen LogP) is 4.37. The van der Waals surface area contributed by atoms with Gasteiger partial charge >= 0.3 is 0 Å². The van der Waals surface area contributed by atoms with Gasteiger partial charge in [0.05, 0.1) is 0 Å². The molecule has 3 rings (SSSR count). The topological polar surface area (TPSA) is 42.4 Å². The first kappa shape index (κ1) is 18.6. The predicted molar refractivity (Wildman–Crippen MR) is 107 cm³/mol. The summed E-state index contributed by atoms with van der Waals surface area (Å²) in [6.07, 6.45) is 4.38. The summed E-state index contributed by atoms with van der Waals surface area (Å²) in [5.74, 6) is 0.802. The third-order valence-electron chi connectivity index (χ3n) is 4.44. The van der Waals surface area contributed by atoms with Gasteiger partial charge in [0, 0.05) is 31.0 Å². The average molecular weight is 360 g/mol. The van der Waals surface area contributed by atoms with Gasteiger partial charge in [-0.25, -0.2) is 0 Å². The second-order valence-corrected chi connectivity index (χ2v) is 6.29. The highest BCUT2D eigenvalue weighted by atomic mass is 16.5. The lowest BCUT2D eigenvalue weighted by Crippen LogP contribution is -2.32. The van der Waals surface area contributed by atoms with Crippen molar-refractivity contribution in [3.63, 3.8) is 0 Å². The zero-order valence-corrected chi connectivity index (χ0v) is 15.5. The van der Waals surface area contributed by atoms with E-state index in [4.69, 9.17) is 4.74 Å². The number of aromatic nitrogens is 1. The molecule has 1 heterocycles. The monoisotopic (exact) mass is 360 g/mol. The Morgan fingerprint density at radius 2 is 1.63 bits per heavy atom. The van der Waals surface area contributed by atoms with Gasteiger partial charge in [-0.05, 0) is 60.9 Å². The van der Waals surface area contributed by atoms with Crippen LogP contribution in [0.5, 0.6) is 5.75 Å². The van der Waals surface area contributed by atoms with Crippen molar-refractivity contribution in [3.8, 4) is 5.75 Å². The van der Waals surface area contributed by atoms with E-state index < -0.39 is 0 Å². The lowest BCUT2D eigenvalue weighted by molar-refractivity contribution is 0.0766. The van der Waals surface area contributed by atoms with Crippen LogP contribution in [0.4, 0.5) is 0 Å². The molecule has 138 valence electrons. The zero-order chi connectivity index (χ0) is 18.9. The second kappa shape index (κ2) is 9.53. The molecule has 3 aromatic rings. The third-order valence-corrected chi connectivity index (χ3v) is 4.44. The van der Waals surface area contributed by atoms with E-state index in [1.165, 1.54) is 5.56 Å². The van der Waals surface area contributed by atoms with Crippen molar-refractivity contribution in [2.45, 2.75) is 20.0 Å². The maximum atomic E-state index is 12.8. The van der Waals surface area contributed by atoms with Crippen molar-refractivity contribution in [2.75, 3.05) is 13.1 Å². The lowest BCUT2D eigenvalue weighted by Gasteiger charge is -2.21. The molecule has 0 spiro atoms. The fourth-order valence-electron chi connectivity index (χ4n) is 2.83. The van der Waals surface area contributed by atoms with E-state index >= 15 is 0 Å². The van der Waals surface area contributed by atoms with Crippen LogP contribution in [0, 0.1) is 0 Å². The number of carbonyl (C=O) groups is 1. The van der Waals surface area contributed by atoms with E-state index in [0.29, 0.717) is 25.3 Å². The van der Waals surface area contributed by atoms with Gasteiger partial charge in [-0.1, -0.05) is 30.3 Å². The Labute approximate surface area is 160 Å². The van der Waals surface area contributed by atoms with Crippen LogP contribution in [0.3, 0.4) is 0 Å². The van der Waals surface area contributed by atoms with Gasteiger partial charge in [0.25, 0.3) is 5.91 Å². The highest BCUT2D eigenvalue weighted by Crippen LogP contribution is 2.16. The molecular weight excluding hydrogens is 336 g/mol. The molecule has 0 atom stereocenters. The quantitative estimate of drug-likeness (QED) is 0.599. The number of benzene rings is 2. The van der Waals surface area contributed by atoms with E-state index in [-0.39, 0.29) is 5.91 Å². The highest BCUT2D eigenvalue weighted by Gasteiger charge is 2.14. The minimum absolute atomic E-state index is 0.0427. The molecule has 1 aromatic heterocycles. The molecule has 2 aromatic carbocycles. The van der Waals surface area contributed by atoms with Crippen LogP contribution in [-0.2, 0) is 13.0 Å². The molecule has 0 saturated heterocycles. The fraction of sp³-hybridized carbons (Fsp3) is 0.217. The number of amides is 1. The first-order valence-corrected chi connectivity index (χ1v) is 9.21. The van der Waals surface area contributed by atoms with Crippen molar-refractivity contribution in [1.82, 2.24) is 9.88 Å². The van der Waals surface area contributed by atoms with Crippen LogP contribution < -0.4 is 4.74 Å². The van der Waals surface area contributed by atoms with Crippen molar-refractivity contribution in [3.05, 3.63) is 95.8 Å². The number of nitrogens with zero attached hydrogens (tertiary/aromatic N) is 2. The Morgan fingerprint density at radius 1 is 0.926 bits per heavy atom. The van der Waals surface area contributed by atoms with Gasteiger partial charge in [0.1, 0.15) is 12.4 Å². The molecule has 0 unspecified atom stereocenters. The van der Waals surface area contributed by atoms with E-state index in [1.54, 1.807) is 12.4 Å². The van der Waals surface area contributed by atoms with E-state index in [0.717, 1.165) is 17.7 Å². The first-order chi connectivity index (χ1) is 13.3. The number of carbonyl (C=O) groups excluding carboxylic acids is 1. The van der Waals surface area contributed by atoms with Gasteiger partial charge < -0.3 is 9.64 Å². The lowest BCUT2D eigenvalue weighted by atomic mass is 10.1. The van der Waals surface area contributed by atoms with E-state index in [9.17, 15) is 4.79 Å².